The molecular formula is C59H104N8. The molecule has 15 N–H and O–H groups in total. The summed E-state index contributed by atoms with van der Waals surface area (Å²) in [5, 5.41) is 4.43. The van der Waals surface area contributed by atoms with Crippen molar-refractivity contribution >= 4 is 5.69 Å². The molecule has 67 heavy (non-hydrogen) atoms. The van der Waals surface area contributed by atoms with E-state index >= 15 is 0 Å². The van der Waals surface area contributed by atoms with Crippen LogP contribution in [0.4, 0.5) is 5.69 Å². The monoisotopic (exact) mass is 925 g/mol. The van der Waals surface area contributed by atoms with Gasteiger partial charge < -0.3 is 45.5 Å². The van der Waals surface area contributed by atoms with Crippen LogP contribution in [0, 0.1) is 65.1 Å². The van der Waals surface area contributed by atoms with Gasteiger partial charge >= 0.3 is 0 Å². The highest BCUT2D eigenvalue weighted by Gasteiger charge is 2.50. The molecule has 8 atom stereocenters. The summed E-state index contributed by atoms with van der Waals surface area (Å²) in [7, 11) is 0. The number of anilines is 1. The minimum absolute atomic E-state index is 0.190. The SMILES string of the molecule is Nc1ccc(CC2CCC(N)CC2)cc1C1C(CC2CCC(N)CC2)CC(C2CC(NC3CCC(CC4CCC(N)CC4)CC3)CCC2CC2CCC(N)CC2)C(N)C1CC1CCC(N)CC1. The van der Waals surface area contributed by atoms with Gasteiger partial charge in [-0.05, 0) is 300 Å². The molecule has 8 saturated carbocycles. The Bertz CT molecular complexity index is 1610. The van der Waals surface area contributed by atoms with E-state index in [2.05, 4.69) is 23.5 Å². The van der Waals surface area contributed by atoms with Gasteiger partial charge in [0, 0.05) is 54.0 Å². The molecule has 8 unspecified atom stereocenters. The summed E-state index contributed by atoms with van der Waals surface area (Å²) in [5.41, 5.74) is 51.9. The fourth-order valence-electron chi connectivity index (χ4n) is 17.4. The number of nitrogens with two attached hydrogens (primary N) is 7. The van der Waals surface area contributed by atoms with Crippen LogP contribution in [-0.2, 0) is 6.42 Å². The van der Waals surface area contributed by atoms with E-state index in [0.29, 0.717) is 77.8 Å². The average molecular weight is 926 g/mol. The lowest BCUT2D eigenvalue weighted by Crippen LogP contribution is -2.54. The van der Waals surface area contributed by atoms with Gasteiger partial charge in [0.1, 0.15) is 0 Å². The Morgan fingerprint density at radius 2 is 0.836 bits per heavy atom. The number of nitrogens with one attached hydrogen (secondary N) is 1. The second-order valence-corrected chi connectivity index (χ2v) is 26.3. The van der Waals surface area contributed by atoms with Crippen LogP contribution in [-0.4, -0.2) is 48.3 Å². The van der Waals surface area contributed by atoms with Gasteiger partial charge in [-0.25, -0.2) is 0 Å². The zero-order valence-corrected chi connectivity index (χ0v) is 42.7. The minimum atomic E-state index is 0.190. The van der Waals surface area contributed by atoms with Crippen molar-refractivity contribution in [2.45, 2.75) is 266 Å². The summed E-state index contributed by atoms with van der Waals surface area (Å²) in [6.07, 6.45) is 42.3. The Morgan fingerprint density at radius 3 is 1.36 bits per heavy atom. The van der Waals surface area contributed by atoms with Gasteiger partial charge in [0.2, 0.25) is 0 Å². The number of benzene rings is 1. The molecule has 0 spiro atoms. The maximum atomic E-state index is 8.20. The predicted molar refractivity (Wildman–Crippen MR) is 282 cm³/mol. The smallest absolute Gasteiger partial charge is 0.0349 e. The maximum Gasteiger partial charge on any atom is 0.0349 e. The molecule has 0 aliphatic heterocycles. The van der Waals surface area contributed by atoms with Crippen molar-refractivity contribution in [2.24, 2.45) is 99.5 Å². The van der Waals surface area contributed by atoms with E-state index in [1.165, 1.54) is 191 Å². The molecule has 8 aliphatic carbocycles. The molecule has 0 saturated heterocycles. The van der Waals surface area contributed by atoms with Gasteiger partial charge in [0.15, 0.2) is 0 Å². The molecule has 0 amide bonds. The Morgan fingerprint density at radius 1 is 0.403 bits per heavy atom. The third-order valence-electron chi connectivity index (χ3n) is 21.5. The van der Waals surface area contributed by atoms with Crippen molar-refractivity contribution in [2.75, 3.05) is 5.73 Å². The molecule has 8 aliphatic rings. The summed E-state index contributed by atoms with van der Waals surface area (Å²) in [6.45, 7) is 0. The molecule has 0 heterocycles. The third kappa shape index (κ3) is 13.6. The van der Waals surface area contributed by atoms with E-state index in [9.17, 15) is 0 Å². The molecule has 1 aromatic carbocycles. The van der Waals surface area contributed by atoms with Crippen molar-refractivity contribution in [1.29, 1.82) is 0 Å². The van der Waals surface area contributed by atoms with Gasteiger partial charge in [-0.15, -0.1) is 0 Å². The number of hydrogen-bond donors (Lipinski definition) is 8. The Balaban J connectivity index is 0.988. The van der Waals surface area contributed by atoms with Gasteiger partial charge in [0.05, 0.1) is 0 Å². The van der Waals surface area contributed by atoms with Crippen molar-refractivity contribution < 1.29 is 0 Å². The van der Waals surface area contributed by atoms with E-state index in [1.54, 1.807) is 0 Å². The molecule has 9 rings (SSSR count). The molecular weight excluding hydrogens is 821 g/mol. The fraction of sp³-hybridized carbons (Fsp3) is 0.898. The van der Waals surface area contributed by atoms with Crippen molar-refractivity contribution in [3.8, 4) is 0 Å². The highest BCUT2D eigenvalue weighted by Crippen LogP contribution is 2.56. The largest absolute Gasteiger partial charge is 0.398 e. The second kappa shape index (κ2) is 24.0. The maximum absolute atomic E-state index is 8.20. The minimum Gasteiger partial charge on any atom is -0.398 e. The van der Waals surface area contributed by atoms with Crippen LogP contribution in [0.3, 0.4) is 0 Å². The van der Waals surface area contributed by atoms with Crippen LogP contribution < -0.4 is 45.5 Å². The molecule has 0 bridgehead atoms. The number of rotatable bonds is 14. The topological polar surface area (TPSA) is 194 Å². The number of hydrogen-bond acceptors (Lipinski definition) is 8. The van der Waals surface area contributed by atoms with E-state index in [4.69, 9.17) is 40.1 Å². The van der Waals surface area contributed by atoms with Crippen LogP contribution in [0.15, 0.2) is 18.2 Å². The van der Waals surface area contributed by atoms with E-state index in [1.807, 2.05) is 0 Å². The van der Waals surface area contributed by atoms with Crippen LogP contribution in [0.25, 0.3) is 0 Å². The van der Waals surface area contributed by atoms with E-state index in [0.717, 1.165) is 73.3 Å². The standard InChI is InChI=1S/C59H104N8/c60-46-15-1-37(2-16-46)29-39-11-25-51(26-12-39)67-52-27-14-44(31-40-5-19-48(62)20-6-40)53(36-52)54-35-45(32-41-7-21-49(63)22-8-41)58(56(59(54)66)33-42-9-23-50(64)24-10-42)55-34-43(13-28-57(55)65)30-38-3-17-47(61)18-4-38/h13,28,34,37-42,44-54,56,58-59,67H,1-12,14-27,29-33,35-36,60-66H2. The van der Waals surface area contributed by atoms with E-state index < -0.39 is 0 Å². The molecule has 8 heteroatoms. The molecule has 0 radical (unpaired) electrons. The lowest BCUT2D eigenvalue weighted by atomic mass is 9.53. The zero-order valence-electron chi connectivity index (χ0n) is 42.7. The zero-order chi connectivity index (χ0) is 46.4. The van der Waals surface area contributed by atoms with Gasteiger partial charge in [-0.1, -0.05) is 12.1 Å². The molecule has 8 nitrogen and oxygen atoms in total. The summed E-state index contributed by atoms with van der Waals surface area (Å²) in [4.78, 5) is 0. The van der Waals surface area contributed by atoms with Crippen molar-refractivity contribution in [1.82, 2.24) is 5.32 Å². The highest BCUT2D eigenvalue weighted by atomic mass is 15.0. The van der Waals surface area contributed by atoms with Gasteiger partial charge in [0.25, 0.3) is 0 Å². The Hall–Kier alpha value is -1.26. The van der Waals surface area contributed by atoms with Gasteiger partial charge in [-0.3, -0.25) is 0 Å². The Kier molecular flexibility index (Phi) is 18.1. The molecule has 1 aromatic rings. The molecule has 8 fully saturated rings. The lowest BCUT2D eigenvalue weighted by molar-refractivity contribution is 0.00800. The Labute approximate surface area is 410 Å². The number of nitrogen functional groups attached to an aromatic ring is 1. The van der Waals surface area contributed by atoms with Gasteiger partial charge in [-0.2, -0.15) is 0 Å². The van der Waals surface area contributed by atoms with Crippen LogP contribution in [0.5, 0.6) is 0 Å². The van der Waals surface area contributed by atoms with Crippen LogP contribution >= 0.6 is 0 Å². The van der Waals surface area contributed by atoms with Crippen molar-refractivity contribution in [3.63, 3.8) is 0 Å². The van der Waals surface area contributed by atoms with Crippen LogP contribution in [0.1, 0.15) is 223 Å². The first kappa shape index (κ1) is 50.7. The predicted octanol–water partition coefficient (Wildman–Crippen LogP) is 10.6. The lowest BCUT2D eigenvalue weighted by Gasteiger charge is -2.54. The average Bonchev–Trinajstić information content (AvgIpc) is 3.33. The van der Waals surface area contributed by atoms with Crippen molar-refractivity contribution in [3.05, 3.63) is 29.3 Å². The highest BCUT2D eigenvalue weighted by molar-refractivity contribution is 5.51. The second-order valence-electron chi connectivity index (χ2n) is 26.3. The molecule has 380 valence electrons. The first-order valence-corrected chi connectivity index (χ1v) is 29.7. The van der Waals surface area contributed by atoms with E-state index in [-0.39, 0.29) is 6.04 Å². The summed E-state index contributed by atoms with van der Waals surface area (Å²) < 4.78 is 0. The quantitative estimate of drug-likeness (QED) is 0.0845. The first-order valence-electron chi connectivity index (χ1n) is 29.7. The fourth-order valence-corrected chi connectivity index (χ4v) is 17.4. The molecule has 0 aromatic heterocycles. The summed E-state index contributed by atoms with van der Waals surface area (Å²) >= 11 is 0. The van der Waals surface area contributed by atoms with Crippen LogP contribution in [0.2, 0.25) is 0 Å². The first-order chi connectivity index (χ1) is 32.5. The normalized spacial score (nSPS) is 44.8. The summed E-state index contributed by atoms with van der Waals surface area (Å²) in [5.74, 6) is 8.30. The summed E-state index contributed by atoms with van der Waals surface area (Å²) in [6, 6.07) is 10.7. The third-order valence-corrected chi connectivity index (χ3v) is 21.5.